The van der Waals surface area contributed by atoms with Crippen LogP contribution in [0.2, 0.25) is 0 Å². The fraction of sp³-hybridized carbons (Fsp3) is 0.938. The van der Waals surface area contributed by atoms with E-state index in [2.05, 4.69) is 6.92 Å². The van der Waals surface area contributed by atoms with Crippen LogP contribution in [0.5, 0.6) is 0 Å². The van der Waals surface area contributed by atoms with Gasteiger partial charge in [0.1, 0.15) is 31.5 Å². The zero-order valence-corrected chi connectivity index (χ0v) is 24.6. The first kappa shape index (κ1) is 35.0. The lowest BCUT2D eigenvalue weighted by Gasteiger charge is -2.30. The van der Waals surface area contributed by atoms with Crippen LogP contribution in [0.4, 0.5) is 0 Å². The maximum atomic E-state index is 11.9. The Morgan fingerprint density at radius 1 is 0.684 bits per heavy atom. The zero-order valence-electron chi connectivity index (χ0n) is 24.6. The molecule has 0 amide bonds. The Morgan fingerprint density at radius 2 is 1.05 bits per heavy atom. The quantitative estimate of drug-likeness (QED) is 0.0866. The van der Waals surface area contributed by atoms with Gasteiger partial charge in [0.05, 0.1) is 0 Å². The average Bonchev–Trinajstić information content (AvgIpc) is 2.91. The number of aliphatic hydroxyl groups excluding tert-OH is 2. The molecule has 6 nitrogen and oxygen atoms in total. The highest BCUT2D eigenvalue weighted by Crippen LogP contribution is 2.16. The maximum Gasteiger partial charge on any atom is 0.305 e. The summed E-state index contributed by atoms with van der Waals surface area (Å²) in [6.45, 7) is 1.88. The van der Waals surface area contributed by atoms with Gasteiger partial charge in [0.25, 0.3) is 0 Å². The largest absolute Gasteiger partial charge is 0.463 e. The van der Waals surface area contributed by atoms with E-state index in [9.17, 15) is 19.8 Å². The summed E-state index contributed by atoms with van der Waals surface area (Å²) in [5.74, 6) is -0.874. The van der Waals surface area contributed by atoms with Gasteiger partial charge in [0, 0.05) is 6.42 Å². The smallest absolute Gasteiger partial charge is 0.305 e. The second-order valence-corrected chi connectivity index (χ2v) is 11.5. The molecule has 6 heteroatoms. The summed E-state index contributed by atoms with van der Waals surface area (Å²) in [7, 11) is 0. The monoisotopic (exact) mass is 540 g/mol. The Hall–Kier alpha value is -0.980. The summed E-state index contributed by atoms with van der Waals surface area (Å²) < 4.78 is 10.3. The van der Waals surface area contributed by atoms with Crippen molar-refractivity contribution in [1.29, 1.82) is 0 Å². The minimum Gasteiger partial charge on any atom is -0.463 e. The first-order valence-corrected chi connectivity index (χ1v) is 16.2. The molecule has 38 heavy (non-hydrogen) atoms. The number of hydrogen-bond donors (Lipinski definition) is 2. The lowest BCUT2D eigenvalue weighted by molar-refractivity contribution is -0.177. The minimum absolute atomic E-state index is 0.135. The molecule has 2 N–H and O–H groups in total. The number of hydrogen-bond acceptors (Lipinski definition) is 6. The first-order valence-electron chi connectivity index (χ1n) is 16.2. The predicted octanol–water partition coefficient (Wildman–Crippen LogP) is 7.60. The molecule has 1 rings (SSSR count). The number of carbonyl (C=O) groups is 2. The molecule has 0 aromatic heterocycles. The second kappa shape index (κ2) is 25.0. The van der Waals surface area contributed by atoms with Crippen LogP contribution >= 0.6 is 0 Å². The number of Topliss-reactive ketones (excluding diaryl/α,β-unsaturated/α-hetero) is 1. The van der Waals surface area contributed by atoms with E-state index >= 15 is 0 Å². The molecule has 0 aromatic rings. The van der Waals surface area contributed by atoms with Crippen molar-refractivity contribution in [2.24, 2.45) is 0 Å². The predicted molar refractivity (Wildman–Crippen MR) is 154 cm³/mol. The Balaban J connectivity index is 1.74. The lowest BCUT2D eigenvalue weighted by atomic mass is 10.0. The number of aliphatic hydroxyl groups is 2. The van der Waals surface area contributed by atoms with Crippen LogP contribution in [-0.4, -0.2) is 53.5 Å². The third-order valence-corrected chi connectivity index (χ3v) is 7.87. The van der Waals surface area contributed by atoms with Crippen molar-refractivity contribution in [3.63, 3.8) is 0 Å². The molecule has 3 atom stereocenters. The minimum atomic E-state index is -1.46. The van der Waals surface area contributed by atoms with E-state index in [1.165, 1.54) is 128 Å². The van der Waals surface area contributed by atoms with Gasteiger partial charge in [-0.05, 0) is 6.42 Å². The van der Waals surface area contributed by atoms with Crippen LogP contribution in [0, 0.1) is 0 Å². The summed E-state index contributed by atoms with van der Waals surface area (Å²) in [5.41, 5.74) is 0. The van der Waals surface area contributed by atoms with Crippen molar-refractivity contribution in [3.05, 3.63) is 0 Å². The number of ketones is 1. The van der Waals surface area contributed by atoms with Crippen molar-refractivity contribution in [2.45, 2.75) is 179 Å². The van der Waals surface area contributed by atoms with Gasteiger partial charge in [-0.1, -0.05) is 148 Å². The Bertz CT molecular complexity index is 566. The van der Waals surface area contributed by atoms with Crippen molar-refractivity contribution < 1.29 is 29.3 Å². The van der Waals surface area contributed by atoms with Crippen LogP contribution in [0.1, 0.15) is 161 Å². The van der Waals surface area contributed by atoms with E-state index in [1.54, 1.807) is 0 Å². The standard InChI is InChI=1S/C32H60O6/c1-2-3-4-5-6-7-8-9-10-11-12-13-14-15-16-17-18-19-20-21-22-23-24-25-30(34)38-27-29-32(36)31(35)28(33)26-37-29/h29,31-32,35-36H,2-27H2,1H3/t29-,31-,32-/m1/s1. The van der Waals surface area contributed by atoms with Crippen molar-refractivity contribution in [1.82, 2.24) is 0 Å². The number of rotatable bonds is 26. The lowest BCUT2D eigenvalue weighted by Crippen LogP contribution is -2.52. The average molecular weight is 541 g/mol. The highest BCUT2D eigenvalue weighted by molar-refractivity contribution is 5.85. The molecule has 1 heterocycles. The van der Waals surface area contributed by atoms with Crippen LogP contribution in [0.25, 0.3) is 0 Å². The van der Waals surface area contributed by atoms with Gasteiger partial charge in [-0.2, -0.15) is 0 Å². The van der Waals surface area contributed by atoms with E-state index in [0.717, 1.165) is 19.3 Å². The Kier molecular flexibility index (Phi) is 23.1. The molecule has 0 spiro atoms. The molecule has 0 aromatic carbocycles. The Morgan fingerprint density at radius 3 is 1.45 bits per heavy atom. The van der Waals surface area contributed by atoms with Crippen LogP contribution in [0.15, 0.2) is 0 Å². The van der Waals surface area contributed by atoms with Gasteiger partial charge in [0.2, 0.25) is 0 Å². The van der Waals surface area contributed by atoms with E-state index in [4.69, 9.17) is 9.47 Å². The van der Waals surface area contributed by atoms with Gasteiger partial charge < -0.3 is 19.7 Å². The maximum absolute atomic E-state index is 11.9. The molecule has 1 aliphatic rings. The van der Waals surface area contributed by atoms with Crippen LogP contribution in [-0.2, 0) is 19.1 Å². The highest BCUT2D eigenvalue weighted by atomic mass is 16.6. The van der Waals surface area contributed by atoms with E-state index in [0.29, 0.717) is 6.42 Å². The van der Waals surface area contributed by atoms with Crippen molar-refractivity contribution in [2.75, 3.05) is 13.2 Å². The van der Waals surface area contributed by atoms with Crippen molar-refractivity contribution in [3.8, 4) is 0 Å². The fourth-order valence-corrected chi connectivity index (χ4v) is 5.22. The molecule has 1 aliphatic heterocycles. The van der Waals surface area contributed by atoms with Crippen LogP contribution < -0.4 is 0 Å². The number of carbonyl (C=O) groups excluding carboxylic acids is 2. The molecule has 1 fully saturated rings. The van der Waals surface area contributed by atoms with E-state index < -0.39 is 24.1 Å². The third kappa shape index (κ3) is 19.1. The SMILES string of the molecule is CCCCCCCCCCCCCCCCCCCCCCCCCC(=O)OC[C@H]1OCC(=O)[C@@H](O)[C@@H]1O. The van der Waals surface area contributed by atoms with E-state index in [-0.39, 0.29) is 19.2 Å². The molecule has 0 saturated carbocycles. The topological polar surface area (TPSA) is 93.1 Å². The van der Waals surface area contributed by atoms with E-state index in [1.807, 2.05) is 0 Å². The first-order chi connectivity index (χ1) is 18.6. The second-order valence-electron chi connectivity index (χ2n) is 11.5. The van der Waals surface area contributed by atoms with Gasteiger partial charge in [-0.25, -0.2) is 0 Å². The summed E-state index contributed by atoms with van der Waals surface area (Å²) in [5, 5.41) is 19.4. The van der Waals surface area contributed by atoms with Crippen LogP contribution in [0.3, 0.4) is 0 Å². The molecule has 1 saturated heterocycles. The number of esters is 1. The molecular formula is C32H60O6. The van der Waals surface area contributed by atoms with Crippen molar-refractivity contribution >= 4 is 11.8 Å². The molecule has 0 bridgehead atoms. The molecule has 224 valence electrons. The summed E-state index contributed by atoms with van der Waals surface area (Å²) in [6.07, 6.45) is 27.6. The van der Waals surface area contributed by atoms with Gasteiger partial charge in [-0.15, -0.1) is 0 Å². The third-order valence-electron chi connectivity index (χ3n) is 7.87. The molecule has 0 aliphatic carbocycles. The zero-order chi connectivity index (χ0) is 27.7. The number of unbranched alkanes of at least 4 members (excludes halogenated alkanes) is 22. The summed E-state index contributed by atoms with van der Waals surface area (Å²) in [6, 6.07) is 0. The summed E-state index contributed by atoms with van der Waals surface area (Å²) in [4.78, 5) is 23.1. The summed E-state index contributed by atoms with van der Waals surface area (Å²) >= 11 is 0. The highest BCUT2D eigenvalue weighted by Gasteiger charge is 2.37. The van der Waals surface area contributed by atoms with Gasteiger partial charge in [-0.3, -0.25) is 9.59 Å². The number of ether oxygens (including phenoxy) is 2. The normalized spacial score (nSPS) is 19.7. The molecular weight excluding hydrogens is 480 g/mol. The Labute approximate surface area is 233 Å². The van der Waals surface area contributed by atoms with Gasteiger partial charge >= 0.3 is 5.97 Å². The molecule has 0 unspecified atom stereocenters. The molecule has 0 radical (unpaired) electrons. The fourth-order valence-electron chi connectivity index (χ4n) is 5.22. The van der Waals surface area contributed by atoms with Gasteiger partial charge in [0.15, 0.2) is 5.78 Å².